The summed E-state index contributed by atoms with van der Waals surface area (Å²) in [4.78, 5) is 24.8. The smallest absolute Gasteiger partial charge is 0.280 e. The quantitative estimate of drug-likeness (QED) is 0.315. The van der Waals surface area contributed by atoms with E-state index in [0.717, 1.165) is 16.8 Å². The average molecular weight is 539 g/mol. The van der Waals surface area contributed by atoms with Crippen LogP contribution in [0.4, 0.5) is 24.8 Å². The predicted octanol–water partition coefficient (Wildman–Crippen LogP) is 4.32. The van der Waals surface area contributed by atoms with Gasteiger partial charge in [0.1, 0.15) is 17.1 Å². The Morgan fingerprint density at radius 1 is 0.974 bits per heavy atom. The van der Waals surface area contributed by atoms with Crippen LogP contribution in [0.15, 0.2) is 84.1 Å². The van der Waals surface area contributed by atoms with Crippen molar-refractivity contribution < 1.29 is 26.4 Å². The van der Waals surface area contributed by atoms with Crippen LogP contribution in [0.5, 0.6) is 0 Å². The van der Waals surface area contributed by atoms with E-state index < -0.39 is 33.9 Å². The molecule has 3 heterocycles. The molecule has 2 aromatic carbocycles. The zero-order valence-electron chi connectivity index (χ0n) is 19.1. The number of halogens is 3. The SMILES string of the molecule is O=C(Nc1ccc(S(=O)(=O)Nc2ncccn2)cc1)c1cnn2c(C(F)F)cc(-c3ccc(F)cc3)nc12. The lowest BCUT2D eigenvalue weighted by Crippen LogP contribution is -2.15. The molecule has 0 aliphatic carbocycles. The minimum absolute atomic E-state index is 0.101. The van der Waals surface area contributed by atoms with Crippen molar-refractivity contribution in [3.05, 3.63) is 96.3 Å². The monoisotopic (exact) mass is 539 g/mol. The van der Waals surface area contributed by atoms with Gasteiger partial charge in [0, 0.05) is 23.6 Å². The number of carbonyl (C=O) groups is 1. The maximum atomic E-state index is 13.8. The molecule has 2 N–H and O–H groups in total. The second-order valence-corrected chi connectivity index (χ2v) is 9.51. The number of aromatic nitrogens is 5. The number of fused-ring (bicyclic) bond motifs is 1. The number of nitrogens with one attached hydrogen (secondary N) is 2. The highest BCUT2D eigenvalue weighted by Gasteiger charge is 2.22. The zero-order chi connectivity index (χ0) is 26.9. The lowest BCUT2D eigenvalue weighted by atomic mass is 10.1. The molecule has 10 nitrogen and oxygen atoms in total. The molecule has 0 aliphatic rings. The Morgan fingerprint density at radius 3 is 2.32 bits per heavy atom. The third kappa shape index (κ3) is 5.01. The lowest BCUT2D eigenvalue weighted by Gasteiger charge is -2.09. The third-order valence-electron chi connectivity index (χ3n) is 5.32. The van der Waals surface area contributed by atoms with Gasteiger partial charge in [-0.1, -0.05) is 0 Å². The molecule has 0 saturated heterocycles. The summed E-state index contributed by atoms with van der Waals surface area (Å²) in [6.45, 7) is 0. The summed E-state index contributed by atoms with van der Waals surface area (Å²) in [6, 6.07) is 13.0. The first-order valence-corrected chi connectivity index (χ1v) is 12.3. The van der Waals surface area contributed by atoms with Crippen LogP contribution in [0.1, 0.15) is 22.5 Å². The lowest BCUT2D eigenvalue weighted by molar-refractivity contribution is 0.102. The number of carbonyl (C=O) groups excluding carboxylic acids is 1. The van der Waals surface area contributed by atoms with Crippen LogP contribution in [-0.2, 0) is 10.0 Å². The molecule has 38 heavy (non-hydrogen) atoms. The standard InChI is InChI=1S/C24H16F3N7O3S/c25-15-4-2-14(3-5-15)19-12-20(21(26)27)34-22(32-19)18(13-30-34)23(35)31-16-6-8-17(9-7-16)38(36,37)33-24-28-10-1-11-29-24/h1-13,21H,(H,31,35)(H,28,29,33). The van der Waals surface area contributed by atoms with Crippen molar-refractivity contribution in [1.82, 2.24) is 24.6 Å². The van der Waals surface area contributed by atoms with Crippen molar-refractivity contribution in [2.45, 2.75) is 11.3 Å². The van der Waals surface area contributed by atoms with Crippen molar-refractivity contribution in [1.29, 1.82) is 0 Å². The molecule has 0 saturated carbocycles. The number of sulfonamides is 1. The molecular formula is C24H16F3N7O3S. The molecular weight excluding hydrogens is 523 g/mol. The van der Waals surface area contributed by atoms with Gasteiger partial charge in [-0.2, -0.15) is 5.10 Å². The fourth-order valence-electron chi connectivity index (χ4n) is 3.52. The Balaban J connectivity index is 1.42. The Bertz CT molecular complexity index is 1730. The maximum Gasteiger partial charge on any atom is 0.280 e. The minimum Gasteiger partial charge on any atom is -0.322 e. The molecule has 1 amide bonds. The fourth-order valence-corrected chi connectivity index (χ4v) is 4.48. The second kappa shape index (κ2) is 9.89. The molecule has 0 fully saturated rings. The number of nitrogens with zero attached hydrogens (tertiary/aromatic N) is 5. The predicted molar refractivity (Wildman–Crippen MR) is 131 cm³/mol. The molecule has 5 rings (SSSR count). The van der Waals surface area contributed by atoms with Gasteiger partial charge in [0.05, 0.1) is 16.8 Å². The molecule has 0 atom stereocenters. The summed E-state index contributed by atoms with van der Waals surface area (Å²) < 4.78 is 69.1. The van der Waals surface area contributed by atoms with Crippen LogP contribution in [0.2, 0.25) is 0 Å². The van der Waals surface area contributed by atoms with E-state index in [4.69, 9.17) is 0 Å². The summed E-state index contributed by atoms with van der Waals surface area (Å²) in [5.41, 5.74) is -0.0336. The van der Waals surface area contributed by atoms with E-state index in [9.17, 15) is 26.4 Å². The van der Waals surface area contributed by atoms with Gasteiger partial charge in [0.25, 0.3) is 22.4 Å². The molecule has 0 unspecified atom stereocenters. The van der Waals surface area contributed by atoms with Gasteiger partial charge in [-0.25, -0.2) is 45.8 Å². The molecule has 0 bridgehead atoms. The highest BCUT2D eigenvalue weighted by atomic mass is 32.2. The number of alkyl halides is 2. The van der Waals surface area contributed by atoms with E-state index in [-0.39, 0.29) is 33.4 Å². The largest absolute Gasteiger partial charge is 0.322 e. The number of benzene rings is 2. The first-order chi connectivity index (χ1) is 18.2. The van der Waals surface area contributed by atoms with Gasteiger partial charge in [0.2, 0.25) is 5.95 Å². The number of hydrogen-bond acceptors (Lipinski definition) is 7. The summed E-state index contributed by atoms with van der Waals surface area (Å²) in [5, 5.41) is 6.46. The van der Waals surface area contributed by atoms with E-state index in [2.05, 4.69) is 30.1 Å². The van der Waals surface area contributed by atoms with Crippen LogP contribution >= 0.6 is 0 Å². The van der Waals surface area contributed by atoms with E-state index in [1.54, 1.807) is 0 Å². The Labute approximate surface area is 213 Å². The van der Waals surface area contributed by atoms with Crippen molar-refractivity contribution in [3.8, 4) is 11.3 Å². The van der Waals surface area contributed by atoms with Crippen molar-refractivity contribution in [3.63, 3.8) is 0 Å². The van der Waals surface area contributed by atoms with Gasteiger partial charge < -0.3 is 5.32 Å². The number of anilines is 2. The van der Waals surface area contributed by atoms with Crippen LogP contribution in [-0.4, -0.2) is 38.9 Å². The molecule has 14 heteroatoms. The Kier molecular flexibility index (Phi) is 6.46. The third-order valence-corrected chi connectivity index (χ3v) is 6.67. The molecule has 0 aliphatic heterocycles. The van der Waals surface area contributed by atoms with Crippen molar-refractivity contribution >= 4 is 33.2 Å². The summed E-state index contributed by atoms with van der Waals surface area (Å²) in [5.74, 6) is -1.32. The Morgan fingerprint density at radius 2 is 1.66 bits per heavy atom. The van der Waals surface area contributed by atoms with Crippen LogP contribution in [0.3, 0.4) is 0 Å². The van der Waals surface area contributed by atoms with Gasteiger partial charge in [-0.3, -0.25) is 4.79 Å². The molecule has 192 valence electrons. The van der Waals surface area contributed by atoms with Crippen LogP contribution in [0, 0.1) is 5.82 Å². The Hall–Kier alpha value is -4.85. The number of rotatable bonds is 7. The van der Waals surface area contributed by atoms with E-state index in [0.29, 0.717) is 5.56 Å². The number of amides is 1. The van der Waals surface area contributed by atoms with Gasteiger partial charge in [-0.05, 0) is 60.7 Å². The van der Waals surface area contributed by atoms with Crippen LogP contribution < -0.4 is 10.0 Å². The summed E-state index contributed by atoms with van der Waals surface area (Å²) >= 11 is 0. The van der Waals surface area contributed by atoms with Gasteiger partial charge in [-0.15, -0.1) is 0 Å². The van der Waals surface area contributed by atoms with Crippen molar-refractivity contribution in [2.75, 3.05) is 10.0 Å². The minimum atomic E-state index is -3.98. The second-order valence-electron chi connectivity index (χ2n) is 7.82. The number of hydrogen-bond donors (Lipinski definition) is 2. The highest BCUT2D eigenvalue weighted by Crippen LogP contribution is 2.27. The van der Waals surface area contributed by atoms with Gasteiger partial charge in [0.15, 0.2) is 5.65 Å². The van der Waals surface area contributed by atoms with Crippen LogP contribution in [0.25, 0.3) is 16.9 Å². The zero-order valence-corrected chi connectivity index (χ0v) is 19.9. The first kappa shape index (κ1) is 24.8. The summed E-state index contributed by atoms with van der Waals surface area (Å²) in [7, 11) is -3.98. The fraction of sp³-hybridized carbons (Fsp3) is 0.0417. The van der Waals surface area contributed by atoms with Crippen molar-refractivity contribution in [2.24, 2.45) is 0 Å². The van der Waals surface area contributed by atoms with Gasteiger partial charge >= 0.3 is 0 Å². The molecule has 0 spiro atoms. The molecule has 3 aromatic heterocycles. The highest BCUT2D eigenvalue weighted by molar-refractivity contribution is 7.92. The molecule has 0 radical (unpaired) electrons. The molecule has 5 aromatic rings. The van der Waals surface area contributed by atoms with E-state index >= 15 is 0 Å². The van der Waals surface area contributed by atoms with E-state index in [1.165, 1.54) is 67.0 Å². The topological polar surface area (TPSA) is 131 Å². The normalized spacial score (nSPS) is 11.6. The summed E-state index contributed by atoms with van der Waals surface area (Å²) in [6.07, 6.45) is 0.928. The average Bonchev–Trinajstić information content (AvgIpc) is 3.33. The first-order valence-electron chi connectivity index (χ1n) is 10.9. The van der Waals surface area contributed by atoms with E-state index in [1.807, 2.05) is 0 Å². The maximum absolute atomic E-state index is 13.8.